The third kappa shape index (κ3) is 4.21. The molecule has 0 aliphatic rings. The Kier molecular flexibility index (Phi) is 5.76. The van der Waals surface area contributed by atoms with Crippen LogP contribution in [0.5, 0.6) is 0 Å². The van der Waals surface area contributed by atoms with Crippen molar-refractivity contribution >= 4 is 11.8 Å². The van der Waals surface area contributed by atoms with Gasteiger partial charge in [0.1, 0.15) is 11.4 Å². The van der Waals surface area contributed by atoms with Crippen molar-refractivity contribution in [3.05, 3.63) is 22.9 Å². The lowest BCUT2D eigenvalue weighted by atomic mass is 10.1. The topological polar surface area (TPSA) is 71.5 Å². The summed E-state index contributed by atoms with van der Waals surface area (Å²) in [4.78, 5) is 15.7. The second-order valence-corrected chi connectivity index (χ2v) is 4.69. The highest BCUT2D eigenvalue weighted by atomic mass is 16.5. The number of carbonyl (C=O) groups is 1. The van der Waals surface area contributed by atoms with Crippen LogP contribution in [0.25, 0.3) is 0 Å². The number of nitrogens with zero attached hydrogens (tertiary/aromatic N) is 1. The number of pyridine rings is 1. The highest BCUT2D eigenvalue weighted by molar-refractivity contribution is 5.94. The third-order valence-electron chi connectivity index (χ3n) is 2.90. The van der Waals surface area contributed by atoms with Crippen LogP contribution >= 0.6 is 0 Å². The Morgan fingerprint density at radius 2 is 2.21 bits per heavy atom. The first kappa shape index (κ1) is 15.4. The molecule has 1 atom stereocenters. The van der Waals surface area contributed by atoms with Crippen LogP contribution < -0.4 is 5.32 Å². The molecule has 5 nitrogen and oxygen atoms in total. The average Bonchev–Trinajstić information content (AvgIpc) is 2.27. The molecule has 1 heterocycles. The molecule has 1 aromatic heterocycles. The molecule has 0 amide bonds. The summed E-state index contributed by atoms with van der Waals surface area (Å²) >= 11 is 0. The lowest BCUT2D eigenvalue weighted by molar-refractivity contribution is 0.0696. The van der Waals surface area contributed by atoms with Crippen molar-refractivity contribution < 1.29 is 14.6 Å². The van der Waals surface area contributed by atoms with Gasteiger partial charge in [-0.2, -0.15) is 0 Å². The molecule has 5 heteroatoms. The molecule has 0 radical (unpaired) electrons. The van der Waals surface area contributed by atoms with Crippen LogP contribution in [-0.2, 0) is 4.74 Å². The predicted octanol–water partition coefficient (Wildman–Crippen LogP) is 2.62. The summed E-state index contributed by atoms with van der Waals surface area (Å²) in [7, 11) is 1.64. The van der Waals surface area contributed by atoms with Crippen molar-refractivity contribution in [2.45, 2.75) is 39.7 Å². The molecule has 2 N–H and O–H groups in total. The molecule has 1 unspecified atom stereocenters. The maximum Gasteiger partial charge on any atom is 0.339 e. The minimum atomic E-state index is -0.958. The second kappa shape index (κ2) is 7.09. The van der Waals surface area contributed by atoms with Gasteiger partial charge >= 0.3 is 5.97 Å². The molecule has 19 heavy (non-hydrogen) atoms. The van der Waals surface area contributed by atoms with E-state index in [-0.39, 0.29) is 11.6 Å². The number of aromatic carboxylic acids is 1. The van der Waals surface area contributed by atoms with Gasteiger partial charge in [-0.1, -0.05) is 13.3 Å². The third-order valence-corrected chi connectivity index (χ3v) is 2.90. The molecule has 0 fully saturated rings. The van der Waals surface area contributed by atoms with Gasteiger partial charge < -0.3 is 15.2 Å². The van der Waals surface area contributed by atoms with E-state index in [0.717, 1.165) is 24.1 Å². The second-order valence-electron chi connectivity index (χ2n) is 4.69. The Hall–Kier alpha value is -1.62. The van der Waals surface area contributed by atoms with Gasteiger partial charge in [0, 0.05) is 12.8 Å². The summed E-state index contributed by atoms with van der Waals surface area (Å²) in [6.07, 6.45) is 1.90. The number of ether oxygens (including phenoxy) is 1. The van der Waals surface area contributed by atoms with E-state index in [1.807, 2.05) is 6.92 Å². The minimum Gasteiger partial charge on any atom is -0.478 e. The normalized spacial score (nSPS) is 12.2. The molecular formula is C14H22N2O3. The highest BCUT2D eigenvalue weighted by Gasteiger charge is 2.18. The number of methoxy groups -OCH3 is 1. The molecule has 1 aromatic rings. The molecule has 0 saturated heterocycles. The molecule has 1 rings (SSSR count). The molecule has 0 aromatic carbocycles. The van der Waals surface area contributed by atoms with Gasteiger partial charge in [0.2, 0.25) is 0 Å². The fourth-order valence-corrected chi connectivity index (χ4v) is 2.15. The SMILES string of the molecule is CCCC(COC)Nc1nc(C)cc(C)c1C(=O)O. The number of aromatic nitrogens is 1. The monoisotopic (exact) mass is 266 g/mol. The largest absolute Gasteiger partial charge is 0.478 e. The van der Waals surface area contributed by atoms with Crippen LogP contribution in [0, 0.1) is 13.8 Å². The Morgan fingerprint density at radius 3 is 2.74 bits per heavy atom. The fourth-order valence-electron chi connectivity index (χ4n) is 2.15. The van der Waals surface area contributed by atoms with Crippen molar-refractivity contribution in [3.63, 3.8) is 0 Å². The van der Waals surface area contributed by atoms with Crippen molar-refractivity contribution in [3.8, 4) is 0 Å². The Morgan fingerprint density at radius 1 is 1.53 bits per heavy atom. The predicted molar refractivity (Wildman–Crippen MR) is 74.9 cm³/mol. The Balaban J connectivity index is 3.06. The van der Waals surface area contributed by atoms with Crippen LogP contribution in [0.4, 0.5) is 5.82 Å². The van der Waals surface area contributed by atoms with Gasteiger partial charge in [0.05, 0.1) is 12.6 Å². The van der Waals surface area contributed by atoms with Gasteiger partial charge in [-0.25, -0.2) is 9.78 Å². The summed E-state index contributed by atoms with van der Waals surface area (Å²) in [5, 5.41) is 12.5. The zero-order valence-electron chi connectivity index (χ0n) is 12.0. The van der Waals surface area contributed by atoms with Crippen molar-refractivity contribution in [2.24, 2.45) is 0 Å². The molecule has 0 saturated carbocycles. The number of rotatable bonds is 7. The van der Waals surface area contributed by atoms with E-state index in [2.05, 4.69) is 17.2 Å². The van der Waals surface area contributed by atoms with E-state index in [0.29, 0.717) is 12.4 Å². The van der Waals surface area contributed by atoms with Crippen molar-refractivity contribution in [1.82, 2.24) is 4.98 Å². The summed E-state index contributed by atoms with van der Waals surface area (Å²) in [6, 6.07) is 1.85. The first-order valence-electron chi connectivity index (χ1n) is 6.46. The lowest BCUT2D eigenvalue weighted by Gasteiger charge is -2.20. The smallest absolute Gasteiger partial charge is 0.339 e. The number of nitrogens with one attached hydrogen (secondary N) is 1. The van der Waals surface area contributed by atoms with Gasteiger partial charge in [-0.05, 0) is 31.9 Å². The number of anilines is 1. The number of hydrogen-bond donors (Lipinski definition) is 2. The quantitative estimate of drug-likeness (QED) is 0.793. The molecule has 106 valence electrons. The van der Waals surface area contributed by atoms with E-state index in [4.69, 9.17) is 4.74 Å². The van der Waals surface area contributed by atoms with Crippen LogP contribution in [-0.4, -0.2) is 35.8 Å². The zero-order chi connectivity index (χ0) is 14.4. The first-order valence-corrected chi connectivity index (χ1v) is 6.46. The summed E-state index contributed by atoms with van der Waals surface area (Å²) in [5.41, 5.74) is 1.76. The number of carboxylic acid groups (broad SMARTS) is 1. The number of carboxylic acids is 1. The Bertz CT molecular complexity index is 441. The van der Waals surface area contributed by atoms with E-state index in [1.54, 1.807) is 20.1 Å². The van der Waals surface area contributed by atoms with E-state index < -0.39 is 5.97 Å². The zero-order valence-corrected chi connectivity index (χ0v) is 12.0. The Labute approximate surface area is 114 Å². The minimum absolute atomic E-state index is 0.0711. The first-order chi connectivity index (χ1) is 8.99. The molecule has 0 aliphatic heterocycles. The van der Waals surface area contributed by atoms with Gasteiger partial charge in [-0.3, -0.25) is 0 Å². The van der Waals surface area contributed by atoms with Crippen LogP contribution in [0.3, 0.4) is 0 Å². The van der Waals surface area contributed by atoms with Gasteiger partial charge in [-0.15, -0.1) is 0 Å². The number of aryl methyl sites for hydroxylation is 2. The van der Waals surface area contributed by atoms with Crippen LogP contribution in [0.2, 0.25) is 0 Å². The lowest BCUT2D eigenvalue weighted by Crippen LogP contribution is -2.27. The van der Waals surface area contributed by atoms with Crippen molar-refractivity contribution in [2.75, 3.05) is 19.0 Å². The molecule has 0 spiro atoms. The van der Waals surface area contributed by atoms with E-state index in [1.165, 1.54) is 0 Å². The highest BCUT2D eigenvalue weighted by Crippen LogP contribution is 2.20. The summed E-state index contributed by atoms with van der Waals surface area (Å²) in [5.74, 6) is -0.527. The van der Waals surface area contributed by atoms with Gasteiger partial charge in [0.25, 0.3) is 0 Å². The maximum absolute atomic E-state index is 11.3. The van der Waals surface area contributed by atoms with Gasteiger partial charge in [0.15, 0.2) is 0 Å². The van der Waals surface area contributed by atoms with E-state index in [9.17, 15) is 9.90 Å². The summed E-state index contributed by atoms with van der Waals surface area (Å²) < 4.78 is 5.15. The summed E-state index contributed by atoms with van der Waals surface area (Å²) in [6.45, 7) is 6.25. The fraction of sp³-hybridized carbons (Fsp3) is 0.571. The number of hydrogen-bond acceptors (Lipinski definition) is 4. The molecule has 0 aliphatic carbocycles. The standard InChI is InChI=1S/C14H22N2O3/c1-5-6-11(8-19-4)16-13-12(14(17)18)9(2)7-10(3)15-13/h7,11H,5-6,8H2,1-4H3,(H,15,16)(H,17,18). The average molecular weight is 266 g/mol. The van der Waals surface area contributed by atoms with E-state index >= 15 is 0 Å². The molecule has 0 bridgehead atoms. The van der Waals surface area contributed by atoms with Crippen molar-refractivity contribution in [1.29, 1.82) is 0 Å². The maximum atomic E-state index is 11.3. The molecular weight excluding hydrogens is 244 g/mol. The van der Waals surface area contributed by atoms with Crippen LogP contribution in [0.15, 0.2) is 6.07 Å². The van der Waals surface area contributed by atoms with Crippen LogP contribution in [0.1, 0.15) is 41.4 Å².